The largest absolute Gasteiger partial charge is 0.343 e. The molecule has 1 aromatic heterocycles. The second-order valence-electron chi connectivity index (χ2n) is 3.60. The van der Waals surface area contributed by atoms with Crippen molar-refractivity contribution in [2.45, 2.75) is 0 Å². The molecule has 0 unspecified atom stereocenters. The number of carbonyl (C=O) groups excluding carboxylic acids is 2. The van der Waals surface area contributed by atoms with Crippen molar-refractivity contribution in [2.75, 3.05) is 11.9 Å². The summed E-state index contributed by atoms with van der Waals surface area (Å²) in [4.78, 5) is 23.0. The third-order valence-corrected chi connectivity index (χ3v) is 2.80. The number of hydrogen-bond acceptors (Lipinski definition) is 5. The van der Waals surface area contributed by atoms with Gasteiger partial charge in [0.05, 0.1) is 12.1 Å². The molecule has 0 spiro atoms. The van der Waals surface area contributed by atoms with Gasteiger partial charge in [0.25, 0.3) is 5.91 Å². The zero-order chi connectivity index (χ0) is 14.5. The second kappa shape index (κ2) is 6.15. The molecule has 0 bridgehead atoms. The molecule has 2 amide bonds. The average Bonchev–Trinajstić information content (AvgIpc) is 2.89. The number of amides is 2. The number of benzene rings is 1. The van der Waals surface area contributed by atoms with Crippen LogP contribution in [0.4, 0.5) is 13.9 Å². The SMILES string of the molecule is O=C(CNC(=O)c1ccc(F)cc1F)Nc1nncs1. The van der Waals surface area contributed by atoms with Gasteiger partial charge in [-0.15, -0.1) is 10.2 Å². The van der Waals surface area contributed by atoms with Crippen molar-refractivity contribution in [2.24, 2.45) is 0 Å². The lowest BCUT2D eigenvalue weighted by atomic mass is 10.2. The lowest BCUT2D eigenvalue weighted by molar-refractivity contribution is -0.115. The summed E-state index contributed by atoms with van der Waals surface area (Å²) in [7, 11) is 0. The van der Waals surface area contributed by atoms with E-state index in [9.17, 15) is 18.4 Å². The van der Waals surface area contributed by atoms with Crippen LogP contribution in [0, 0.1) is 11.6 Å². The minimum absolute atomic E-state index is 0.289. The van der Waals surface area contributed by atoms with E-state index in [0.717, 1.165) is 23.5 Å². The molecule has 2 N–H and O–H groups in total. The maximum absolute atomic E-state index is 13.3. The van der Waals surface area contributed by atoms with Gasteiger partial charge in [-0.25, -0.2) is 8.78 Å². The van der Waals surface area contributed by atoms with Crippen molar-refractivity contribution < 1.29 is 18.4 Å². The maximum Gasteiger partial charge on any atom is 0.254 e. The molecule has 0 saturated heterocycles. The molecule has 104 valence electrons. The minimum atomic E-state index is -0.993. The molecule has 0 aliphatic heterocycles. The Bertz CT molecular complexity index is 633. The maximum atomic E-state index is 13.3. The fourth-order valence-corrected chi connectivity index (χ4v) is 1.78. The number of carbonyl (C=O) groups is 2. The molecule has 2 aromatic rings. The van der Waals surface area contributed by atoms with Gasteiger partial charge in [0, 0.05) is 6.07 Å². The zero-order valence-corrected chi connectivity index (χ0v) is 10.7. The number of anilines is 1. The van der Waals surface area contributed by atoms with E-state index in [1.165, 1.54) is 5.51 Å². The Morgan fingerprint density at radius 1 is 1.30 bits per heavy atom. The van der Waals surface area contributed by atoms with E-state index in [1.807, 2.05) is 0 Å². The summed E-state index contributed by atoms with van der Waals surface area (Å²) in [6.45, 7) is -0.366. The normalized spacial score (nSPS) is 10.1. The van der Waals surface area contributed by atoms with Gasteiger partial charge in [-0.2, -0.15) is 0 Å². The van der Waals surface area contributed by atoms with E-state index < -0.39 is 23.4 Å². The predicted octanol–water partition coefficient (Wildman–Crippen LogP) is 1.18. The standard InChI is InChI=1S/C11H8F2N4O2S/c12-6-1-2-7(8(13)3-6)10(19)14-4-9(18)16-11-17-15-5-20-11/h1-3,5H,4H2,(H,14,19)(H,16,17,18). The highest BCUT2D eigenvalue weighted by Gasteiger charge is 2.13. The first kappa shape index (κ1) is 14.0. The van der Waals surface area contributed by atoms with Gasteiger partial charge < -0.3 is 5.32 Å². The monoisotopic (exact) mass is 298 g/mol. The molecule has 0 atom stereocenters. The van der Waals surface area contributed by atoms with E-state index >= 15 is 0 Å². The summed E-state index contributed by atoms with van der Waals surface area (Å²) in [6.07, 6.45) is 0. The Morgan fingerprint density at radius 2 is 2.10 bits per heavy atom. The summed E-state index contributed by atoms with van der Waals surface area (Å²) < 4.78 is 26.0. The molecule has 0 aliphatic rings. The number of nitrogens with one attached hydrogen (secondary N) is 2. The Hall–Kier alpha value is -2.42. The van der Waals surface area contributed by atoms with E-state index in [4.69, 9.17) is 0 Å². The van der Waals surface area contributed by atoms with Crippen molar-refractivity contribution in [3.05, 3.63) is 40.9 Å². The van der Waals surface area contributed by atoms with Crippen LogP contribution in [-0.2, 0) is 4.79 Å². The minimum Gasteiger partial charge on any atom is -0.343 e. The van der Waals surface area contributed by atoms with Gasteiger partial charge in [-0.1, -0.05) is 11.3 Å². The van der Waals surface area contributed by atoms with Crippen LogP contribution < -0.4 is 10.6 Å². The number of rotatable bonds is 4. The first-order valence-electron chi connectivity index (χ1n) is 5.35. The molecule has 6 nitrogen and oxygen atoms in total. The van der Waals surface area contributed by atoms with Gasteiger partial charge in [0.2, 0.25) is 11.0 Å². The lowest BCUT2D eigenvalue weighted by Crippen LogP contribution is -2.33. The summed E-state index contributed by atoms with van der Waals surface area (Å²) in [6, 6.07) is 2.55. The van der Waals surface area contributed by atoms with Crippen LogP contribution in [0.1, 0.15) is 10.4 Å². The molecule has 1 aromatic carbocycles. The van der Waals surface area contributed by atoms with Crippen LogP contribution in [0.2, 0.25) is 0 Å². The van der Waals surface area contributed by atoms with Crippen molar-refractivity contribution in [3.8, 4) is 0 Å². The Kier molecular flexibility index (Phi) is 4.31. The summed E-state index contributed by atoms with van der Waals surface area (Å²) in [5.74, 6) is -3.12. The van der Waals surface area contributed by atoms with Crippen molar-refractivity contribution >= 4 is 28.3 Å². The molecule has 0 radical (unpaired) electrons. The lowest BCUT2D eigenvalue weighted by Gasteiger charge is -2.05. The fraction of sp³-hybridized carbons (Fsp3) is 0.0909. The third kappa shape index (κ3) is 3.54. The molecular weight excluding hydrogens is 290 g/mol. The number of hydrogen-bond donors (Lipinski definition) is 2. The van der Waals surface area contributed by atoms with Gasteiger partial charge in [-0.05, 0) is 12.1 Å². The number of nitrogens with zero attached hydrogens (tertiary/aromatic N) is 2. The quantitative estimate of drug-likeness (QED) is 0.888. The average molecular weight is 298 g/mol. The molecule has 20 heavy (non-hydrogen) atoms. The summed E-state index contributed by atoms with van der Waals surface area (Å²) in [5, 5.41) is 12.0. The summed E-state index contributed by atoms with van der Waals surface area (Å²) in [5.41, 5.74) is 1.09. The van der Waals surface area contributed by atoms with Crippen molar-refractivity contribution in [1.82, 2.24) is 15.5 Å². The van der Waals surface area contributed by atoms with Crippen LogP contribution in [-0.4, -0.2) is 28.6 Å². The summed E-state index contributed by atoms with van der Waals surface area (Å²) >= 11 is 1.12. The topological polar surface area (TPSA) is 84.0 Å². The first-order chi connectivity index (χ1) is 9.56. The van der Waals surface area contributed by atoms with E-state index in [1.54, 1.807) is 0 Å². The highest BCUT2D eigenvalue weighted by atomic mass is 32.1. The molecular formula is C11H8F2N4O2S. The van der Waals surface area contributed by atoms with Gasteiger partial charge >= 0.3 is 0 Å². The van der Waals surface area contributed by atoms with E-state index in [-0.39, 0.29) is 17.2 Å². The second-order valence-corrected chi connectivity index (χ2v) is 4.43. The molecule has 1 heterocycles. The van der Waals surface area contributed by atoms with Gasteiger partial charge in [0.15, 0.2) is 0 Å². The van der Waals surface area contributed by atoms with Crippen molar-refractivity contribution in [1.29, 1.82) is 0 Å². The van der Waals surface area contributed by atoms with Crippen LogP contribution in [0.25, 0.3) is 0 Å². The highest BCUT2D eigenvalue weighted by molar-refractivity contribution is 7.13. The van der Waals surface area contributed by atoms with Gasteiger partial charge in [-0.3, -0.25) is 14.9 Å². The molecule has 0 aliphatic carbocycles. The van der Waals surface area contributed by atoms with Crippen LogP contribution >= 0.6 is 11.3 Å². The fourth-order valence-electron chi connectivity index (χ4n) is 1.32. The zero-order valence-electron chi connectivity index (χ0n) is 9.89. The Morgan fingerprint density at radius 3 is 2.75 bits per heavy atom. The molecule has 2 rings (SSSR count). The first-order valence-corrected chi connectivity index (χ1v) is 6.23. The molecule has 0 saturated carbocycles. The Labute approximate surface area is 115 Å². The molecule has 0 fully saturated rings. The van der Waals surface area contributed by atoms with Crippen LogP contribution in [0.5, 0.6) is 0 Å². The van der Waals surface area contributed by atoms with E-state index in [0.29, 0.717) is 6.07 Å². The highest BCUT2D eigenvalue weighted by Crippen LogP contribution is 2.09. The van der Waals surface area contributed by atoms with E-state index in [2.05, 4.69) is 20.8 Å². The predicted molar refractivity (Wildman–Crippen MR) is 67.2 cm³/mol. The van der Waals surface area contributed by atoms with Crippen molar-refractivity contribution in [3.63, 3.8) is 0 Å². The Balaban J connectivity index is 1.90. The third-order valence-electron chi connectivity index (χ3n) is 2.19. The smallest absolute Gasteiger partial charge is 0.254 e. The van der Waals surface area contributed by atoms with Gasteiger partial charge in [0.1, 0.15) is 17.1 Å². The van der Waals surface area contributed by atoms with Crippen LogP contribution in [0.3, 0.4) is 0 Å². The number of aromatic nitrogens is 2. The molecule has 9 heteroatoms. The van der Waals surface area contributed by atoms with Crippen LogP contribution in [0.15, 0.2) is 23.7 Å². The number of halogens is 2.